The summed E-state index contributed by atoms with van der Waals surface area (Å²) in [5, 5.41) is 5.93. The fourth-order valence-electron chi connectivity index (χ4n) is 5.45. The lowest BCUT2D eigenvalue weighted by atomic mass is 9.96. The first-order valence-corrected chi connectivity index (χ1v) is 14.5. The maximum absolute atomic E-state index is 13.8. The number of alkyl halides is 3. The number of aromatic amines is 1. The first-order chi connectivity index (χ1) is 21.2. The molecule has 4 heterocycles. The summed E-state index contributed by atoms with van der Waals surface area (Å²) < 4.78 is 46.1. The zero-order valence-corrected chi connectivity index (χ0v) is 26.6. The predicted molar refractivity (Wildman–Crippen MR) is 171 cm³/mol. The van der Waals surface area contributed by atoms with Crippen LogP contribution in [0.4, 0.5) is 19.0 Å². The molecule has 0 aliphatic rings. The Bertz CT molecular complexity index is 1810. The molecule has 0 atom stereocenters. The topological polar surface area (TPSA) is 104 Å². The highest BCUT2D eigenvalue weighted by molar-refractivity contribution is 6.00. The van der Waals surface area contributed by atoms with Crippen LogP contribution in [-0.2, 0) is 6.54 Å². The molecule has 0 spiro atoms. The van der Waals surface area contributed by atoms with Crippen molar-refractivity contribution in [1.82, 2.24) is 24.6 Å². The molecule has 240 valence electrons. The van der Waals surface area contributed by atoms with Crippen LogP contribution in [0, 0.1) is 13.8 Å². The minimum absolute atomic E-state index is 0.0548. The van der Waals surface area contributed by atoms with Crippen molar-refractivity contribution in [1.29, 1.82) is 0 Å². The summed E-state index contributed by atoms with van der Waals surface area (Å²) >= 11 is 0. The van der Waals surface area contributed by atoms with Gasteiger partial charge in [-0.1, -0.05) is 5.57 Å². The number of carbonyl (C=O) groups excluding carboxylic acids is 1. The Kier molecular flexibility index (Phi) is 10.1. The maximum atomic E-state index is 13.8. The van der Waals surface area contributed by atoms with Gasteiger partial charge in [-0.3, -0.25) is 14.5 Å². The van der Waals surface area contributed by atoms with E-state index in [0.717, 1.165) is 33.5 Å². The van der Waals surface area contributed by atoms with E-state index in [1.807, 2.05) is 55.6 Å². The van der Waals surface area contributed by atoms with Crippen LogP contribution in [0.1, 0.15) is 53.1 Å². The summed E-state index contributed by atoms with van der Waals surface area (Å²) in [5.74, 6) is 0.678. The number of halogens is 3. The first kappa shape index (κ1) is 33.3. The number of hydrogen-bond donors (Lipinski definition) is 3. The van der Waals surface area contributed by atoms with Crippen molar-refractivity contribution in [3.05, 3.63) is 86.7 Å². The van der Waals surface area contributed by atoms with Gasteiger partial charge >= 0.3 is 6.18 Å². The number of nitrogens with one attached hydrogen (secondary N) is 3. The number of pyridine rings is 3. The Labute approximate surface area is 260 Å². The zero-order chi connectivity index (χ0) is 33.1. The van der Waals surface area contributed by atoms with Gasteiger partial charge in [0.1, 0.15) is 11.6 Å². The lowest BCUT2D eigenvalue weighted by Gasteiger charge is -2.21. The number of nitrogens with zero attached hydrogens (tertiary/aromatic N) is 3. The van der Waals surface area contributed by atoms with Crippen LogP contribution in [0.15, 0.2) is 53.1 Å². The van der Waals surface area contributed by atoms with Gasteiger partial charge < -0.3 is 24.8 Å². The third kappa shape index (κ3) is 7.56. The molecule has 0 aromatic carbocycles. The molecule has 0 aliphatic carbocycles. The van der Waals surface area contributed by atoms with Gasteiger partial charge in [0.2, 0.25) is 0 Å². The lowest BCUT2D eigenvalue weighted by Crippen LogP contribution is -2.31. The molecule has 0 unspecified atom stereocenters. The third-order valence-electron chi connectivity index (χ3n) is 7.97. The van der Waals surface area contributed by atoms with E-state index in [2.05, 4.69) is 20.6 Å². The van der Waals surface area contributed by atoms with Crippen molar-refractivity contribution in [2.24, 2.45) is 0 Å². The molecule has 0 radical (unpaired) electrons. The molecule has 1 amide bonds. The predicted octanol–water partition coefficient (Wildman–Crippen LogP) is 5.96. The van der Waals surface area contributed by atoms with E-state index >= 15 is 0 Å². The Morgan fingerprint density at radius 1 is 1.16 bits per heavy atom. The highest BCUT2D eigenvalue weighted by atomic mass is 19.4. The van der Waals surface area contributed by atoms with Gasteiger partial charge in [0.25, 0.3) is 11.5 Å². The monoisotopic (exact) mass is 624 g/mol. The Morgan fingerprint density at radius 3 is 2.56 bits per heavy atom. The summed E-state index contributed by atoms with van der Waals surface area (Å²) in [6.07, 6.45) is -0.235. The average Bonchev–Trinajstić information content (AvgIpc) is 3.40. The number of carbonyl (C=O) groups is 1. The van der Waals surface area contributed by atoms with Crippen LogP contribution < -0.4 is 20.9 Å². The van der Waals surface area contributed by atoms with E-state index < -0.39 is 12.7 Å². The number of methoxy groups -OCH3 is 1. The van der Waals surface area contributed by atoms with Gasteiger partial charge in [-0.05, 0) is 88.2 Å². The third-order valence-corrected chi connectivity index (χ3v) is 7.97. The molecular weight excluding hydrogens is 585 g/mol. The molecule has 0 fully saturated rings. The molecule has 0 bridgehead atoms. The standard InChI is InChI=1S/C33H39F3N6O3/c1-19(9-12-41(6)18-33(34,35)36)21(3)30-22(4)25(31(43)39-17-26-28(45-7)14-20(2)40-32(26)44)16-27-24(10-13-42(27)30)23-8-11-38-29(15-23)37-5/h8,10-11,13-16H,9,12,17-18H2,1-7H3,(H,37,38)(H,39,43)(H,40,44)/b21-19-. The second-order valence-corrected chi connectivity index (χ2v) is 11.2. The fourth-order valence-corrected chi connectivity index (χ4v) is 5.45. The Balaban J connectivity index is 1.81. The van der Waals surface area contributed by atoms with Gasteiger partial charge in [-0.15, -0.1) is 0 Å². The number of allylic oxidation sites excluding steroid dienone is 1. The van der Waals surface area contributed by atoms with Crippen LogP contribution in [0.25, 0.3) is 22.2 Å². The molecule has 0 aliphatic heterocycles. The van der Waals surface area contributed by atoms with Crippen molar-refractivity contribution in [3.63, 3.8) is 0 Å². The SMILES string of the molecule is CNc1cc(-c2ccn3c(/C(C)=C(/C)CCN(C)CC(F)(F)F)c(C)c(C(=O)NCc4c(OC)cc(C)[nH]c4=O)cc23)ccn1. The van der Waals surface area contributed by atoms with Gasteiger partial charge in [-0.2, -0.15) is 13.2 Å². The van der Waals surface area contributed by atoms with Gasteiger partial charge in [0.15, 0.2) is 0 Å². The summed E-state index contributed by atoms with van der Waals surface area (Å²) in [7, 11) is 4.70. The molecule has 4 rings (SSSR count). The van der Waals surface area contributed by atoms with Crippen molar-refractivity contribution < 1.29 is 22.7 Å². The van der Waals surface area contributed by atoms with Gasteiger partial charge in [-0.25, -0.2) is 4.98 Å². The normalized spacial score (nSPS) is 12.4. The summed E-state index contributed by atoms with van der Waals surface area (Å²) in [6.45, 7) is 6.59. The number of aromatic nitrogens is 3. The van der Waals surface area contributed by atoms with Gasteiger partial charge in [0.05, 0.1) is 37.0 Å². The fraction of sp³-hybridized carbons (Fsp3) is 0.364. The quantitative estimate of drug-likeness (QED) is 0.190. The Morgan fingerprint density at radius 2 is 1.89 bits per heavy atom. The minimum atomic E-state index is -4.28. The summed E-state index contributed by atoms with van der Waals surface area (Å²) in [5.41, 5.74) is 6.74. The molecule has 4 aromatic heterocycles. The second-order valence-electron chi connectivity index (χ2n) is 11.2. The van der Waals surface area contributed by atoms with E-state index in [1.165, 1.54) is 19.1 Å². The number of ether oxygens (including phenoxy) is 1. The average molecular weight is 625 g/mol. The van der Waals surface area contributed by atoms with E-state index in [-0.39, 0.29) is 24.6 Å². The molecule has 0 saturated heterocycles. The summed E-state index contributed by atoms with van der Waals surface area (Å²) in [4.78, 5) is 34.8. The van der Waals surface area contributed by atoms with E-state index in [9.17, 15) is 22.8 Å². The summed E-state index contributed by atoms with van der Waals surface area (Å²) in [6, 6.07) is 9.28. The number of hydrogen-bond acceptors (Lipinski definition) is 6. The molecule has 9 nitrogen and oxygen atoms in total. The molecule has 45 heavy (non-hydrogen) atoms. The first-order valence-electron chi connectivity index (χ1n) is 14.5. The zero-order valence-electron chi connectivity index (χ0n) is 26.6. The van der Waals surface area contributed by atoms with E-state index in [4.69, 9.17) is 4.74 Å². The van der Waals surface area contributed by atoms with Crippen molar-refractivity contribution in [3.8, 4) is 16.9 Å². The largest absolute Gasteiger partial charge is 0.496 e. The van der Waals surface area contributed by atoms with Crippen molar-refractivity contribution >= 4 is 22.8 Å². The Hall–Kier alpha value is -4.58. The number of aryl methyl sites for hydroxylation is 1. The van der Waals surface area contributed by atoms with Crippen LogP contribution in [0.5, 0.6) is 5.75 Å². The van der Waals surface area contributed by atoms with E-state index in [1.54, 1.807) is 26.2 Å². The number of H-pyrrole nitrogens is 1. The van der Waals surface area contributed by atoms with Crippen molar-refractivity contribution in [2.75, 3.05) is 39.6 Å². The number of amides is 1. The number of rotatable bonds is 11. The molecule has 3 N–H and O–H groups in total. The van der Waals surface area contributed by atoms with Crippen LogP contribution >= 0.6 is 0 Å². The second kappa shape index (κ2) is 13.6. The van der Waals surface area contributed by atoms with Crippen LogP contribution in [0.3, 0.4) is 0 Å². The van der Waals surface area contributed by atoms with Crippen LogP contribution in [-0.4, -0.2) is 65.6 Å². The minimum Gasteiger partial charge on any atom is -0.496 e. The highest BCUT2D eigenvalue weighted by Crippen LogP contribution is 2.34. The van der Waals surface area contributed by atoms with Crippen molar-refractivity contribution in [2.45, 2.75) is 46.8 Å². The van der Waals surface area contributed by atoms with Crippen LogP contribution in [0.2, 0.25) is 0 Å². The molecule has 12 heteroatoms. The highest BCUT2D eigenvalue weighted by Gasteiger charge is 2.29. The number of anilines is 1. The smallest absolute Gasteiger partial charge is 0.401 e. The molecular formula is C33H39F3N6O3. The van der Waals surface area contributed by atoms with Gasteiger partial charge in [0, 0.05) is 42.8 Å². The van der Waals surface area contributed by atoms with E-state index in [0.29, 0.717) is 40.4 Å². The molecule has 4 aromatic rings. The number of fused-ring (bicyclic) bond motifs is 1. The molecule has 0 saturated carbocycles. The lowest BCUT2D eigenvalue weighted by molar-refractivity contribution is -0.142. The maximum Gasteiger partial charge on any atom is 0.401 e.